The summed E-state index contributed by atoms with van der Waals surface area (Å²) in [7, 11) is 0. The van der Waals surface area contributed by atoms with Gasteiger partial charge in [-0.05, 0) is 35.6 Å². The van der Waals surface area contributed by atoms with E-state index in [9.17, 15) is 14.0 Å². The number of hydrogen-bond donors (Lipinski definition) is 1. The van der Waals surface area contributed by atoms with E-state index >= 15 is 0 Å². The van der Waals surface area contributed by atoms with Gasteiger partial charge in [-0.1, -0.05) is 18.2 Å². The lowest BCUT2D eigenvalue weighted by molar-refractivity contribution is -0.130. The molecule has 2 aromatic rings. The van der Waals surface area contributed by atoms with Crippen molar-refractivity contribution in [1.29, 1.82) is 0 Å². The van der Waals surface area contributed by atoms with E-state index in [1.54, 1.807) is 18.2 Å². The fourth-order valence-corrected chi connectivity index (χ4v) is 3.80. The van der Waals surface area contributed by atoms with Crippen molar-refractivity contribution in [3.63, 3.8) is 0 Å². The third-order valence-corrected chi connectivity index (χ3v) is 5.50. The standard InChI is InChI=1S/C20H24FN3O2S/c21-17-6-4-16(5-7-17)15-23-10-2-11-24(13-12-23)19(25)8-9-22-20(26)18-3-1-14-27-18/h1,3-7,14H,2,8-13,15H2,(H,22,26). The van der Waals surface area contributed by atoms with E-state index in [2.05, 4.69) is 10.2 Å². The predicted octanol–water partition coefficient (Wildman–Crippen LogP) is 2.74. The maximum Gasteiger partial charge on any atom is 0.261 e. The summed E-state index contributed by atoms with van der Waals surface area (Å²) in [4.78, 5) is 29.2. The molecule has 0 saturated carbocycles. The SMILES string of the molecule is O=C(NCCC(=O)N1CCCN(Cc2ccc(F)cc2)CC1)c1cccs1. The molecule has 3 rings (SSSR count). The summed E-state index contributed by atoms with van der Waals surface area (Å²) in [6.45, 7) is 4.24. The highest BCUT2D eigenvalue weighted by Crippen LogP contribution is 2.11. The maximum absolute atomic E-state index is 13.0. The van der Waals surface area contributed by atoms with Crippen LogP contribution in [0.1, 0.15) is 28.1 Å². The summed E-state index contributed by atoms with van der Waals surface area (Å²) in [5.74, 6) is -0.276. The first-order valence-corrected chi connectivity index (χ1v) is 10.1. The second-order valence-corrected chi connectivity index (χ2v) is 7.57. The van der Waals surface area contributed by atoms with Gasteiger partial charge in [0.25, 0.3) is 5.91 Å². The van der Waals surface area contributed by atoms with Crippen molar-refractivity contribution >= 4 is 23.2 Å². The minimum absolute atomic E-state index is 0.0742. The summed E-state index contributed by atoms with van der Waals surface area (Å²) in [6.07, 6.45) is 1.23. The molecular weight excluding hydrogens is 365 g/mol. The molecule has 7 heteroatoms. The van der Waals surface area contributed by atoms with Gasteiger partial charge in [-0.15, -0.1) is 11.3 Å². The molecule has 1 aromatic carbocycles. The van der Waals surface area contributed by atoms with Crippen LogP contribution in [0.2, 0.25) is 0 Å². The van der Waals surface area contributed by atoms with Gasteiger partial charge in [-0.25, -0.2) is 4.39 Å². The molecule has 1 aliphatic heterocycles. The van der Waals surface area contributed by atoms with Crippen molar-refractivity contribution < 1.29 is 14.0 Å². The highest BCUT2D eigenvalue weighted by atomic mass is 32.1. The minimum atomic E-state index is -0.224. The first kappa shape index (κ1) is 19.5. The first-order valence-electron chi connectivity index (χ1n) is 9.18. The zero-order valence-corrected chi connectivity index (χ0v) is 16.0. The van der Waals surface area contributed by atoms with Crippen LogP contribution in [0.4, 0.5) is 4.39 Å². The van der Waals surface area contributed by atoms with E-state index in [1.165, 1.54) is 23.5 Å². The topological polar surface area (TPSA) is 52.7 Å². The van der Waals surface area contributed by atoms with Crippen molar-refractivity contribution in [3.8, 4) is 0 Å². The van der Waals surface area contributed by atoms with Crippen LogP contribution >= 0.6 is 11.3 Å². The zero-order valence-electron chi connectivity index (χ0n) is 15.2. The van der Waals surface area contributed by atoms with Crippen LogP contribution < -0.4 is 5.32 Å². The van der Waals surface area contributed by atoms with Crippen LogP contribution in [0, 0.1) is 5.82 Å². The highest BCUT2D eigenvalue weighted by molar-refractivity contribution is 7.12. The number of amides is 2. The van der Waals surface area contributed by atoms with Gasteiger partial charge in [0.1, 0.15) is 5.82 Å². The van der Waals surface area contributed by atoms with Crippen molar-refractivity contribution in [1.82, 2.24) is 15.1 Å². The van der Waals surface area contributed by atoms with Gasteiger partial charge in [0, 0.05) is 45.7 Å². The van der Waals surface area contributed by atoms with Crippen LogP contribution in [0.5, 0.6) is 0 Å². The normalized spacial score (nSPS) is 15.4. The molecule has 0 atom stereocenters. The number of hydrogen-bond acceptors (Lipinski definition) is 4. The van der Waals surface area contributed by atoms with Crippen LogP contribution in [0.15, 0.2) is 41.8 Å². The van der Waals surface area contributed by atoms with E-state index in [1.807, 2.05) is 16.3 Å². The molecule has 1 aliphatic rings. The van der Waals surface area contributed by atoms with Gasteiger partial charge in [0.05, 0.1) is 4.88 Å². The molecule has 0 aliphatic carbocycles. The summed E-state index contributed by atoms with van der Waals surface area (Å²) >= 11 is 1.39. The Bertz CT molecular complexity index is 749. The Morgan fingerprint density at radius 2 is 1.89 bits per heavy atom. The number of halogens is 1. The van der Waals surface area contributed by atoms with E-state index in [0.717, 1.165) is 38.2 Å². The van der Waals surface area contributed by atoms with Crippen LogP contribution in [-0.2, 0) is 11.3 Å². The number of nitrogens with zero attached hydrogens (tertiary/aromatic N) is 2. The fourth-order valence-electron chi connectivity index (χ4n) is 3.16. The molecule has 0 spiro atoms. The number of benzene rings is 1. The van der Waals surface area contributed by atoms with Crippen molar-refractivity contribution in [2.24, 2.45) is 0 Å². The van der Waals surface area contributed by atoms with Gasteiger partial charge < -0.3 is 10.2 Å². The first-order chi connectivity index (χ1) is 13.1. The molecule has 1 fully saturated rings. The average Bonchev–Trinajstić information content (AvgIpc) is 3.11. The Hall–Kier alpha value is -2.25. The Labute approximate surface area is 162 Å². The Morgan fingerprint density at radius 3 is 2.63 bits per heavy atom. The smallest absolute Gasteiger partial charge is 0.261 e. The second-order valence-electron chi connectivity index (χ2n) is 6.62. The van der Waals surface area contributed by atoms with E-state index in [4.69, 9.17) is 0 Å². The van der Waals surface area contributed by atoms with Gasteiger partial charge in [0.2, 0.25) is 5.91 Å². The van der Waals surface area contributed by atoms with Gasteiger partial charge >= 0.3 is 0 Å². The number of rotatable bonds is 6. The Kier molecular flexibility index (Phi) is 6.95. The third kappa shape index (κ3) is 5.87. The molecule has 2 heterocycles. The van der Waals surface area contributed by atoms with Crippen LogP contribution in [-0.4, -0.2) is 54.3 Å². The van der Waals surface area contributed by atoms with Gasteiger partial charge in [-0.3, -0.25) is 14.5 Å². The molecule has 2 amide bonds. The molecule has 144 valence electrons. The van der Waals surface area contributed by atoms with Gasteiger partial charge in [-0.2, -0.15) is 0 Å². The average molecular weight is 389 g/mol. The predicted molar refractivity (Wildman–Crippen MR) is 104 cm³/mol. The van der Waals surface area contributed by atoms with E-state index in [0.29, 0.717) is 24.4 Å². The van der Waals surface area contributed by atoms with Crippen molar-refractivity contribution in [2.45, 2.75) is 19.4 Å². The molecule has 1 aromatic heterocycles. The Balaban J connectivity index is 1.41. The van der Waals surface area contributed by atoms with Crippen LogP contribution in [0.25, 0.3) is 0 Å². The summed E-state index contributed by atoms with van der Waals surface area (Å²) in [6, 6.07) is 10.2. The summed E-state index contributed by atoms with van der Waals surface area (Å²) < 4.78 is 13.0. The summed E-state index contributed by atoms with van der Waals surface area (Å²) in [5, 5.41) is 4.66. The molecule has 0 bridgehead atoms. The molecule has 0 radical (unpaired) electrons. The molecular formula is C20H24FN3O2S. The molecule has 1 saturated heterocycles. The van der Waals surface area contributed by atoms with Crippen molar-refractivity contribution in [2.75, 3.05) is 32.7 Å². The lowest BCUT2D eigenvalue weighted by atomic mass is 10.2. The zero-order chi connectivity index (χ0) is 19.1. The number of carbonyl (C=O) groups excluding carboxylic acids is 2. The van der Waals surface area contributed by atoms with E-state index in [-0.39, 0.29) is 17.6 Å². The fraction of sp³-hybridized carbons (Fsp3) is 0.400. The number of nitrogens with one attached hydrogen (secondary N) is 1. The lowest BCUT2D eigenvalue weighted by Gasteiger charge is -2.22. The lowest BCUT2D eigenvalue weighted by Crippen LogP contribution is -2.37. The maximum atomic E-state index is 13.0. The molecule has 5 nitrogen and oxygen atoms in total. The highest BCUT2D eigenvalue weighted by Gasteiger charge is 2.19. The molecule has 0 unspecified atom stereocenters. The summed E-state index contributed by atoms with van der Waals surface area (Å²) in [5.41, 5.74) is 1.08. The number of thiophene rings is 1. The second kappa shape index (κ2) is 9.62. The van der Waals surface area contributed by atoms with E-state index < -0.39 is 0 Å². The van der Waals surface area contributed by atoms with Crippen molar-refractivity contribution in [3.05, 3.63) is 58.0 Å². The Morgan fingerprint density at radius 1 is 1.07 bits per heavy atom. The third-order valence-electron chi connectivity index (χ3n) is 4.63. The number of carbonyl (C=O) groups is 2. The van der Waals surface area contributed by atoms with Crippen LogP contribution in [0.3, 0.4) is 0 Å². The quantitative estimate of drug-likeness (QED) is 0.827. The van der Waals surface area contributed by atoms with Gasteiger partial charge in [0.15, 0.2) is 0 Å². The largest absolute Gasteiger partial charge is 0.351 e. The minimum Gasteiger partial charge on any atom is -0.351 e. The molecule has 27 heavy (non-hydrogen) atoms. The molecule has 1 N–H and O–H groups in total. The monoisotopic (exact) mass is 389 g/mol.